The Kier molecular flexibility index (Phi) is 5.87. The predicted molar refractivity (Wildman–Crippen MR) is 109 cm³/mol. The first-order chi connectivity index (χ1) is 14.3. The Balaban J connectivity index is 1.42. The Labute approximate surface area is 172 Å². The monoisotopic (exact) mass is 403 g/mol. The van der Waals surface area contributed by atoms with Crippen LogP contribution in [0, 0.1) is 0 Å². The van der Waals surface area contributed by atoms with Crippen molar-refractivity contribution in [1.29, 1.82) is 0 Å². The van der Waals surface area contributed by atoms with Gasteiger partial charge in [-0.1, -0.05) is 30.0 Å². The number of carbonyl (C=O) groups excluding carboxylic acids is 1. The molecule has 4 aromatic rings. The van der Waals surface area contributed by atoms with Gasteiger partial charge in [-0.2, -0.15) is 0 Å². The number of nitrogens with one attached hydrogen (secondary N) is 1. The van der Waals surface area contributed by atoms with E-state index in [1.54, 1.807) is 49.0 Å². The van der Waals surface area contributed by atoms with E-state index in [2.05, 4.69) is 15.3 Å². The maximum absolute atomic E-state index is 12.2. The number of benzene rings is 2. The Morgan fingerprint density at radius 1 is 0.966 bits per heavy atom. The number of furan rings is 1. The highest BCUT2D eigenvalue weighted by Crippen LogP contribution is 2.33. The van der Waals surface area contributed by atoms with Crippen molar-refractivity contribution >= 4 is 17.7 Å². The first kappa shape index (κ1) is 18.8. The maximum Gasteiger partial charge on any atom is 0.252 e. The minimum atomic E-state index is -0.187. The number of rotatable bonds is 7. The zero-order chi connectivity index (χ0) is 19.9. The van der Waals surface area contributed by atoms with Crippen LogP contribution >= 0.6 is 11.8 Å². The van der Waals surface area contributed by atoms with Crippen molar-refractivity contribution < 1.29 is 13.9 Å². The molecule has 0 aliphatic heterocycles. The van der Waals surface area contributed by atoms with Crippen LogP contribution in [0.1, 0.15) is 16.1 Å². The summed E-state index contributed by atoms with van der Waals surface area (Å²) in [5.74, 6) is 1.50. The third-order valence-corrected chi connectivity index (χ3v) is 4.91. The molecule has 0 fully saturated rings. The first-order valence-corrected chi connectivity index (χ1v) is 9.72. The van der Waals surface area contributed by atoms with Crippen LogP contribution in [0.25, 0.3) is 0 Å². The number of carbonyl (C=O) groups is 1. The summed E-state index contributed by atoms with van der Waals surface area (Å²) in [6, 6.07) is 20.3. The van der Waals surface area contributed by atoms with E-state index in [-0.39, 0.29) is 5.91 Å². The van der Waals surface area contributed by atoms with Gasteiger partial charge in [0.2, 0.25) is 0 Å². The van der Waals surface area contributed by atoms with E-state index in [1.165, 1.54) is 11.8 Å². The summed E-state index contributed by atoms with van der Waals surface area (Å²) in [5.41, 5.74) is 0.530. The predicted octanol–water partition coefficient (Wildman–Crippen LogP) is 4.94. The van der Waals surface area contributed by atoms with Gasteiger partial charge in [-0.3, -0.25) is 4.79 Å². The van der Waals surface area contributed by atoms with Gasteiger partial charge in [-0.15, -0.1) is 0 Å². The number of hydrogen-bond acceptors (Lipinski definition) is 6. The quantitative estimate of drug-likeness (QED) is 0.471. The van der Waals surface area contributed by atoms with E-state index < -0.39 is 0 Å². The molecular formula is C22H17N3O3S. The normalized spacial score (nSPS) is 10.5. The van der Waals surface area contributed by atoms with E-state index >= 15 is 0 Å². The Morgan fingerprint density at radius 2 is 1.76 bits per heavy atom. The fraction of sp³-hybridized carbons (Fsp3) is 0.0455. The highest BCUT2D eigenvalue weighted by molar-refractivity contribution is 7.99. The van der Waals surface area contributed by atoms with Gasteiger partial charge in [-0.05, 0) is 48.5 Å². The summed E-state index contributed by atoms with van der Waals surface area (Å²) in [6.45, 7) is 0.337. The number of ether oxygens (including phenoxy) is 1. The second-order valence-corrected chi connectivity index (χ2v) is 7.03. The highest BCUT2D eigenvalue weighted by Gasteiger charge is 2.11. The van der Waals surface area contributed by atoms with E-state index in [4.69, 9.17) is 9.15 Å². The molecular weight excluding hydrogens is 386 g/mol. The maximum atomic E-state index is 12.2. The van der Waals surface area contributed by atoms with Gasteiger partial charge in [0.05, 0.1) is 12.8 Å². The molecule has 0 atom stereocenters. The van der Waals surface area contributed by atoms with Crippen molar-refractivity contribution in [2.45, 2.75) is 16.5 Å². The summed E-state index contributed by atoms with van der Waals surface area (Å²) in [7, 11) is 0. The topological polar surface area (TPSA) is 77.2 Å². The van der Waals surface area contributed by atoms with Crippen molar-refractivity contribution in [2.75, 3.05) is 0 Å². The van der Waals surface area contributed by atoms with Gasteiger partial charge >= 0.3 is 0 Å². The van der Waals surface area contributed by atoms with Gasteiger partial charge in [-0.25, -0.2) is 9.97 Å². The lowest BCUT2D eigenvalue weighted by atomic mass is 10.2. The summed E-state index contributed by atoms with van der Waals surface area (Å²) in [6.07, 6.45) is 4.79. The highest BCUT2D eigenvalue weighted by atomic mass is 32.2. The number of aromatic nitrogens is 2. The molecule has 7 heteroatoms. The molecule has 0 spiro atoms. The second-order valence-electron chi connectivity index (χ2n) is 5.97. The molecule has 2 aromatic carbocycles. The zero-order valence-corrected chi connectivity index (χ0v) is 16.1. The van der Waals surface area contributed by atoms with Crippen molar-refractivity contribution in [2.24, 2.45) is 0 Å². The van der Waals surface area contributed by atoms with Gasteiger partial charge in [0.15, 0.2) is 5.03 Å². The molecule has 0 unspecified atom stereocenters. The van der Waals surface area contributed by atoms with Gasteiger partial charge in [0.25, 0.3) is 11.8 Å². The fourth-order valence-electron chi connectivity index (χ4n) is 2.52. The Morgan fingerprint density at radius 3 is 2.52 bits per heavy atom. The zero-order valence-electron chi connectivity index (χ0n) is 15.3. The summed E-state index contributed by atoms with van der Waals surface area (Å²) >= 11 is 1.48. The molecule has 1 N–H and O–H groups in total. The van der Waals surface area contributed by atoms with Crippen LogP contribution in [0.2, 0.25) is 0 Å². The van der Waals surface area contributed by atoms with Crippen molar-refractivity contribution in [3.05, 3.63) is 96.7 Å². The molecule has 0 saturated carbocycles. The Hall–Kier alpha value is -3.58. The van der Waals surface area contributed by atoms with Gasteiger partial charge in [0.1, 0.15) is 11.5 Å². The first-order valence-electron chi connectivity index (χ1n) is 8.90. The van der Waals surface area contributed by atoms with E-state index in [9.17, 15) is 4.79 Å². The van der Waals surface area contributed by atoms with Crippen LogP contribution in [0.4, 0.5) is 0 Å². The van der Waals surface area contributed by atoms with Crippen LogP contribution in [0.15, 0.2) is 99.7 Å². The largest absolute Gasteiger partial charge is 0.467 e. The molecule has 2 aromatic heterocycles. The standard InChI is InChI=1S/C22H17N3O3S/c26-20(25-15-18-5-4-14-27-18)16-8-10-17(11-9-16)28-21-22(24-13-12-23-21)29-19-6-2-1-3-7-19/h1-14H,15H2,(H,25,26). The molecule has 0 aliphatic rings. The van der Waals surface area contributed by atoms with Gasteiger partial charge in [0, 0.05) is 22.9 Å². The van der Waals surface area contributed by atoms with Crippen LogP contribution in [0.5, 0.6) is 11.6 Å². The smallest absolute Gasteiger partial charge is 0.252 e. The van der Waals surface area contributed by atoms with Crippen molar-refractivity contribution in [3.8, 4) is 11.6 Å². The number of hydrogen-bond donors (Lipinski definition) is 1. The average molecular weight is 403 g/mol. The molecule has 0 bridgehead atoms. The molecule has 6 nitrogen and oxygen atoms in total. The van der Waals surface area contributed by atoms with Crippen LogP contribution in [-0.2, 0) is 6.54 Å². The molecule has 4 rings (SSSR count). The van der Waals surface area contributed by atoms with Crippen LogP contribution in [0.3, 0.4) is 0 Å². The minimum absolute atomic E-state index is 0.187. The second kappa shape index (κ2) is 9.07. The van der Waals surface area contributed by atoms with E-state index in [1.807, 2.05) is 36.4 Å². The Bertz CT molecular complexity index is 1070. The average Bonchev–Trinajstić information content (AvgIpc) is 3.28. The minimum Gasteiger partial charge on any atom is -0.467 e. The molecule has 1 amide bonds. The lowest BCUT2D eigenvalue weighted by molar-refractivity contribution is 0.0948. The van der Waals surface area contributed by atoms with Crippen molar-refractivity contribution in [1.82, 2.24) is 15.3 Å². The summed E-state index contributed by atoms with van der Waals surface area (Å²) in [4.78, 5) is 21.9. The molecule has 2 heterocycles. The molecule has 0 saturated heterocycles. The van der Waals surface area contributed by atoms with Crippen LogP contribution < -0.4 is 10.1 Å². The summed E-state index contributed by atoms with van der Waals surface area (Å²) in [5, 5.41) is 3.47. The van der Waals surface area contributed by atoms with E-state index in [0.717, 1.165) is 4.90 Å². The lowest BCUT2D eigenvalue weighted by Crippen LogP contribution is -2.22. The van der Waals surface area contributed by atoms with Crippen LogP contribution in [-0.4, -0.2) is 15.9 Å². The lowest BCUT2D eigenvalue weighted by Gasteiger charge is -2.09. The van der Waals surface area contributed by atoms with Gasteiger partial charge < -0.3 is 14.5 Å². The van der Waals surface area contributed by atoms with Crippen molar-refractivity contribution in [3.63, 3.8) is 0 Å². The third kappa shape index (κ3) is 5.03. The van der Waals surface area contributed by atoms with E-state index in [0.29, 0.717) is 34.5 Å². The molecule has 0 radical (unpaired) electrons. The molecule has 29 heavy (non-hydrogen) atoms. The third-order valence-electron chi connectivity index (χ3n) is 3.93. The fourth-order valence-corrected chi connectivity index (χ4v) is 3.33. The molecule has 0 aliphatic carbocycles. The SMILES string of the molecule is O=C(NCc1ccco1)c1ccc(Oc2nccnc2Sc2ccccc2)cc1. The summed E-state index contributed by atoms with van der Waals surface area (Å²) < 4.78 is 11.1. The molecule has 144 valence electrons. The number of amides is 1. The number of nitrogens with zero attached hydrogens (tertiary/aromatic N) is 2.